The van der Waals surface area contributed by atoms with Crippen molar-refractivity contribution < 1.29 is 18.3 Å². The van der Waals surface area contributed by atoms with E-state index < -0.39 is 6.61 Å². The average Bonchev–Trinajstić information content (AvgIpc) is 2.27. The zero-order valence-corrected chi connectivity index (χ0v) is 9.24. The van der Waals surface area contributed by atoms with Gasteiger partial charge in [0.1, 0.15) is 5.75 Å². The third-order valence-electron chi connectivity index (χ3n) is 2.08. The maximum absolute atomic E-state index is 11.9. The summed E-state index contributed by atoms with van der Waals surface area (Å²) in [6.07, 6.45) is 0.0944. The SMILES string of the molecule is COC(C)CNc1ccc(OC(F)F)cc1. The summed E-state index contributed by atoms with van der Waals surface area (Å²) in [7, 11) is 1.63. The van der Waals surface area contributed by atoms with Gasteiger partial charge in [0, 0.05) is 19.3 Å². The van der Waals surface area contributed by atoms with Gasteiger partial charge in [-0.25, -0.2) is 0 Å². The summed E-state index contributed by atoms with van der Waals surface area (Å²) in [6, 6.07) is 6.35. The second kappa shape index (κ2) is 6.27. The molecule has 0 heterocycles. The van der Waals surface area contributed by atoms with Crippen molar-refractivity contribution in [2.45, 2.75) is 19.6 Å². The monoisotopic (exact) mass is 231 g/mol. The molecule has 0 spiro atoms. The highest BCUT2D eigenvalue weighted by Crippen LogP contribution is 2.17. The van der Waals surface area contributed by atoms with Crippen molar-refractivity contribution in [3.8, 4) is 5.75 Å². The standard InChI is InChI=1S/C11H15F2NO2/c1-8(15-2)7-14-9-3-5-10(6-4-9)16-11(12)13/h3-6,8,11,14H,7H2,1-2H3. The van der Waals surface area contributed by atoms with Crippen LogP contribution in [0.2, 0.25) is 0 Å². The van der Waals surface area contributed by atoms with Gasteiger partial charge in [0.15, 0.2) is 0 Å². The first-order valence-corrected chi connectivity index (χ1v) is 4.93. The van der Waals surface area contributed by atoms with Gasteiger partial charge in [0.25, 0.3) is 0 Å². The number of anilines is 1. The lowest BCUT2D eigenvalue weighted by Crippen LogP contribution is -2.17. The lowest BCUT2D eigenvalue weighted by molar-refractivity contribution is -0.0498. The molecule has 90 valence electrons. The number of hydrogen-bond acceptors (Lipinski definition) is 3. The summed E-state index contributed by atoms with van der Waals surface area (Å²) in [6.45, 7) is -0.195. The van der Waals surface area contributed by atoms with E-state index in [9.17, 15) is 8.78 Å². The Hall–Kier alpha value is -1.36. The van der Waals surface area contributed by atoms with Gasteiger partial charge in [-0.3, -0.25) is 0 Å². The molecule has 0 aromatic heterocycles. The normalized spacial score (nSPS) is 12.6. The Labute approximate surface area is 93.4 Å². The van der Waals surface area contributed by atoms with Crippen LogP contribution < -0.4 is 10.1 Å². The van der Waals surface area contributed by atoms with E-state index in [4.69, 9.17) is 4.74 Å². The van der Waals surface area contributed by atoms with Crippen molar-refractivity contribution in [3.63, 3.8) is 0 Å². The Morgan fingerprint density at radius 1 is 1.25 bits per heavy atom. The first-order valence-electron chi connectivity index (χ1n) is 4.93. The summed E-state index contributed by atoms with van der Waals surface area (Å²) in [5.41, 5.74) is 0.838. The molecule has 1 aromatic rings. The van der Waals surface area contributed by atoms with Crippen LogP contribution >= 0.6 is 0 Å². The Kier molecular flexibility index (Phi) is 4.98. The van der Waals surface area contributed by atoms with E-state index in [1.807, 2.05) is 6.92 Å². The molecule has 0 amide bonds. The fourth-order valence-electron chi connectivity index (χ4n) is 1.10. The predicted molar refractivity (Wildman–Crippen MR) is 58.0 cm³/mol. The number of benzene rings is 1. The molecule has 0 aliphatic heterocycles. The number of rotatable bonds is 6. The van der Waals surface area contributed by atoms with Gasteiger partial charge in [-0.1, -0.05) is 0 Å². The summed E-state index contributed by atoms with van der Waals surface area (Å²) in [4.78, 5) is 0. The molecule has 1 rings (SSSR count). The fraction of sp³-hybridized carbons (Fsp3) is 0.455. The topological polar surface area (TPSA) is 30.5 Å². The van der Waals surface area contributed by atoms with E-state index in [2.05, 4.69) is 10.1 Å². The molecule has 1 N–H and O–H groups in total. The van der Waals surface area contributed by atoms with E-state index in [-0.39, 0.29) is 11.9 Å². The molecule has 0 saturated carbocycles. The van der Waals surface area contributed by atoms with Crippen molar-refractivity contribution in [1.82, 2.24) is 0 Å². The second-order valence-electron chi connectivity index (χ2n) is 3.33. The Morgan fingerprint density at radius 2 is 1.88 bits per heavy atom. The van der Waals surface area contributed by atoms with E-state index in [0.717, 1.165) is 5.69 Å². The van der Waals surface area contributed by atoms with E-state index in [1.54, 1.807) is 19.2 Å². The van der Waals surface area contributed by atoms with Gasteiger partial charge in [0.05, 0.1) is 6.10 Å². The number of nitrogens with one attached hydrogen (secondary N) is 1. The number of hydrogen-bond donors (Lipinski definition) is 1. The molecular weight excluding hydrogens is 216 g/mol. The maximum atomic E-state index is 11.9. The Bertz CT molecular complexity index is 303. The van der Waals surface area contributed by atoms with Crippen molar-refractivity contribution in [1.29, 1.82) is 0 Å². The average molecular weight is 231 g/mol. The zero-order valence-electron chi connectivity index (χ0n) is 9.24. The zero-order chi connectivity index (χ0) is 12.0. The van der Waals surface area contributed by atoms with Crippen molar-refractivity contribution in [2.24, 2.45) is 0 Å². The van der Waals surface area contributed by atoms with Gasteiger partial charge < -0.3 is 14.8 Å². The minimum absolute atomic E-state index is 0.0944. The number of halogens is 2. The van der Waals surface area contributed by atoms with Gasteiger partial charge >= 0.3 is 6.61 Å². The number of methoxy groups -OCH3 is 1. The van der Waals surface area contributed by atoms with Crippen molar-refractivity contribution in [3.05, 3.63) is 24.3 Å². The highest BCUT2D eigenvalue weighted by Gasteiger charge is 2.04. The molecule has 0 saturated heterocycles. The summed E-state index contributed by atoms with van der Waals surface area (Å²) in [5.74, 6) is 0.153. The lowest BCUT2D eigenvalue weighted by Gasteiger charge is -2.12. The molecule has 0 aliphatic carbocycles. The van der Waals surface area contributed by atoms with E-state index >= 15 is 0 Å². The van der Waals surface area contributed by atoms with Crippen molar-refractivity contribution >= 4 is 5.69 Å². The van der Waals surface area contributed by atoms with Crippen LogP contribution in [0.25, 0.3) is 0 Å². The van der Waals surface area contributed by atoms with Crippen LogP contribution in [0.5, 0.6) is 5.75 Å². The molecule has 16 heavy (non-hydrogen) atoms. The van der Waals surface area contributed by atoms with Crippen LogP contribution in [-0.2, 0) is 4.74 Å². The predicted octanol–water partition coefficient (Wildman–Crippen LogP) is 2.73. The second-order valence-corrected chi connectivity index (χ2v) is 3.33. The van der Waals surface area contributed by atoms with Gasteiger partial charge in [-0.05, 0) is 31.2 Å². The van der Waals surface area contributed by atoms with Gasteiger partial charge in [0.2, 0.25) is 0 Å². The van der Waals surface area contributed by atoms with Crippen LogP contribution in [0, 0.1) is 0 Å². The third-order valence-corrected chi connectivity index (χ3v) is 2.08. The smallest absolute Gasteiger partial charge is 0.387 e. The molecular formula is C11H15F2NO2. The van der Waals surface area contributed by atoms with Crippen LogP contribution in [0.4, 0.5) is 14.5 Å². The van der Waals surface area contributed by atoms with E-state index in [0.29, 0.717) is 6.54 Å². The van der Waals surface area contributed by atoms with Crippen LogP contribution in [0.15, 0.2) is 24.3 Å². The molecule has 0 bridgehead atoms. The molecule has 1 aromatic carbocycles. The molecule has 5 heteroatoms. The Morgan fingerprint density at radius 3 is 2.38 bits per heavy atom. The molecule has 1 unspecified atom stereocenters. The summed E-state index contributed by atoms with van der Waals surface area (Å²) in [5, 5.41) is 3.11. The lowest BCUT2D eigenvalue weighted by atomic mass is 10.3. The molecule has 1 atom stereocenters. The van der Waals surface area contributed by atoms with Crippen LogP contribution in [0.1, 0.15) is 6.92 Å². The molecule has 0 fully saturated rings. The van der Waals surface area contributed by atoms with Gasteiger partial charge in [-0.15, -0.1) is 0 Å². The highest BCUT2D eigenvalue weighted by atomic mass is 19.3. The minimum Gasteiger partial charge on any atom is -0.435 e. The van der Waals surface area contributed by atoms with Crippen molar-refractivity contribution in [2.75, 3.05) is 19.0 Å². The highest BCUT2D eigenvalue weighted by molar-refractivity contribution is 5.46. The molecule has 0 aliphatic rings. The fourth-order valence-corrected chi connectivity index (χ4v) is 1.10. The third kappa shape index (κ3) is 4.44. The molecule has 0 radical (unpaired) electrons. The van der Waals surface area contributed by atoms with Gasteiger partial charge in [-0.2, -0.15) is 8.78 Å². The summed E-state index contributed by atoms with van der Waals surface area (Å²) >= 11 is 0. The van der Waals surface area contributed by atoms with Crippen LogP contribution in [-0.4, -0.2) is 26.4 Å². The largest absolute Gasteiger partial charge is 0.435 e. The number of alkyl halides is 2. The quantitative estimate of drug-likeness (QED) is 0.816. The summed E-state index contributed by atoms with van der Waals surface area (Å²) < 4.78 is 33.0. The minimum atomic E-state index is -2.78. The molecule has 3 nitrogen and oxygen atoms in total. The Balaban J connectivity index is 2.45. The first kappa shape index (κ1) is 12.7. The van der Waals surface area contributed by atoms with Crippen LogP contribution in [0.3, 0.4) is 0 Å². The first-order chi connectivity index (χ1) is 7.61. The number of ether oxygens (including phenoxy) is 2. The maximum Gasteiger partial charge on any atom is 0.387 e. The van der Waals surface area contributed by atoms with E-state index in [1.165, 1.54) is 12.1 Å².